The molecular formula is C122H96N8Os2P4+4. The zero-order valence-corrected chi connectivity index (χ0v) is 83.5. The molecule has 656 valence electrons. The molecule has 4 heterocycles. The van der Waals surface area contributed by atoms with Crippen LogP contribution in [0.4, 0.5) is 0 Å². The Bertz CT molecular complexity index is 5970. The van der Waals surface area contributed by atoms with Gasteiger partial charge in [0.15, 0.2) is 0 Å². The molecule has 14 heteroatoms. The number of nitrogens with zero attached hydrogens (tertiary/aromatic N) is 8. The van der Waals surface area contributed by atoms with Crippen LogP contribution < -0.4 is 63.7 Å². The van der Waals surface area contributed by atoms with Gasteiger partial charge in [-0.2, -0.15) is 0 Å². The van der Waals surface area contributed by atoms with E-state index in [0.717, 1.165) is 44.3 Å². The topological polar surface area (TPSA) is 147 Å². The maximum absolute atomic E-state index is 6.25. The molecule has 21 rings (SSSR count). The normalized spacial score (nSPS) is 9.94. The quantitative estimate of drug-likeness (QED) is 0.0497. The number of fused-ring (bicyclic) bond motifs is 3. The summed E-state index contributed by atoms with van der Waals surface area (Å²) in [6.07, 6.45) is 7.44. The fraction of sp³-hybridized carbons (Fsp3) is 0. The maximum atomic E-state index is 6.25. The summed E-state index contributed by atoms with van der Waals surface area (Å²) in [6.45, 7) is 19.0. The monoisotopic (exact) mass is 2180 g/mol. The van der Waals surface area contributed by atoms with Crippen LogP contribution in [0, 0.1) is 47.3 Å². The number of rotatable bonds is 17. The Labute approximate surface area is 831 Å². The Hall–Kier alpha value is -15.2. The molecule has 0 amide bonds. The van der Waals surface area contributed by atoms with Gasteiger partial charge in [-0.05, 0) is 226 Å². The molecule has 0 atom stereocenters. The largest absolute Gasteiger partial charge is 2.00 e. The van der Waals surface area contributed by atoms with Crippen molar-refractivity contribution in [1.82, 2.24) is 19.9 Å². The first-order chi connectivity index (χ1) is 66.6. The summed E-state index contributed by atoms with van der Waals surface area (Å²) in [5.41, 5.74) is 13.1. The third-order valence-electron chi connectivity index (χ3n) is 21.5. The first kappa shape index (κ1) is 103. The van der Waals surface area contributed by atoms with Crippen LogP contribution in [0.1, 0.15) is 0 Å². The van der Waals surface area contributed by atoms with Crippen LogP contribution in [0.2, 0.25) is 0 Å². The van der Waals surface area contributed by atoms with E-state index in [-0.39, 0.29) is 39.6 Å². The Morgan fingerprint density at radius 1 is 0.147 bits per heavy atom. The average molecular weight is 2180 g/mol. The van der Waals surface area contributed by atoms with Gasteiger partial charge in [0.25, 0.3) is 0 Å². The van der Waals surface area contributed by atoms with Crippen molar-refractivity contribution in [2.24, 2.45) is 0 Å². The fourth-order valence-electron chi connectivity index (χ4n) is 15.6. The van der Waals surface area contributed by atoms with Crippen molar-refractivity contribution in [3.63, 3.8) is 0 Å². The van der Waals surface area contributed by atoms with E-state index in [1.54, 1.807) is 0 Å². The summed E-state index contributed by atoms with van der Waals surface area (Å²) >= 11 is 0. The van der Waals surface area contributed by atoms with Crippen LogP contribution in [-0.2, 0) is 39.6 Å². The van der Waals surface area contributed by atoms with Crippen molar-refractivity contribution < 1.29 is 39.6 Å². The van der Waals surface area contributed by atoms with E-state index >= 15 is 0 Å². The standard InChI is InChI=1S/C24H16N2.C22H16N2.4C18H15P.4CN.2Os/c1-3-7-17(8-4-1)19-13-15-25-23-21(19)11-12-22-20(14-16-26-24(22)23)18-9-5-2-6-10-18;1-3-7-17(8-4-1)19-11-13-23-21(15-19)22-16-20(12-14-24-22)18-9-5-2-6-10-18;4*1-4-10-16(11-5-1)19(17-12-6-2-7-13-17)18-14-8-3-9-15-18;4*1-2;;/h1-16H;1-16H;4*1-15H;;;;;;/q;;;;;;4*-1;2*+2/p+4. The molecule has 17 aromatic carbocycles. The predicted molar refractivity (Wildman–Crippen MR) is 572 cm³/mol. The van der Waals surface area contributed by atoms with Gasteiger partial charge < -0.3 is 47.3 Å². The van der Waals surface area contributed by atoms with Gasteiger partial charge >= 0.3 is 39.6 Å². The van der Waals surface area contributed by atoms with Crippen LogP contribution in [-0.4, -0.2) is 19.9 Å². The van der Waals surface area contributed by atoms with Gasteiger partial charge in [0.1, 0.15) is 63.7 Å². The zero-order valence-electron chi connectivity index (χ0n) is 74.4. The number of hydrogen-bond donors (Lipinski definition) is 0. The van der Waals surface area contributed by atoms with Crippen LogP contribution >= 0.6 is 31.7 Å². The van der Waals surface area contributed by atoms with Crippen molar-refractivity contribution in [1.29, 1.82) is 21.0 Å². The van der Waals surface area contributed by atoms with Crippen molar-refractivity contribution in [3.05, 3.63) is 585 Å². The Kier molecular flexibility index (Phi) is 43.9. The third-order valence-corrected chi connectivity index (χ3v) is 32.5. The molecule has 0 radical (unpaired) electrons. The first-order valence-electron chi connectivity index (χ1n) is 43.4. The smallest absolute Gasteiger partial charge is 0.512 e. The van der Waals surface area contributed by atoms with Gasteiger partial charge in [-0.3, -0.25) is 19.9 Å². The average Bonchev–Trinajstić information content (AvgIpc) is 0.756. The van der Waals surface area contributed by atoms with Gasteiger partial charge in [-0.15, -0.1) is 0 Å². The van der Waals surface area contributed by atoms with E-state index in [1.807, 2.05) is 85.5 Å². The number of benzene rings is 17. The molecule has 21 aromatic rings. The molecule has 0 saturated carbocycles. The van der Waals surface area contributed by atoms with Gasteiger partial charge in [0, 0.05) is 35.6 Å². The molecule has 0 N–H and O–H groups in total. The Morgan fingerprint density at radius 3 is 0.463 bits per heavy atom. The van der Waals surface area contributed by atoms with Crippen molar-refractivity contribution >= 4 is 117 Å². The minimum Gasteiger partial charge on any atom is -0.512 e. The maximum Gasteiger partial charge on any atom is 2.00 e. The molecule has 0 aliphatic carbocycles. The summed E-state index contributed by atoms with van der Waals surface area (Å²) in [5, 5.41) is 44.5. The molecule has 0 fully saturated rings. The Balaban J connectivity index is 0.000000166. The van der Waals surface area contributed by atoms with E-state index in [2.05, 4.69) is 493 Å². The summed E-state index contributed by atoms with van der Waals surface area (Å²) in [7, 11) is -3.51. The van der Waals surface area contributed by atoms with Crippen molar-refractivity contribution in [3.8, 4) is 55.9 Å². The van der Waals surface area contributed by atoms with E-state index in [4.69, 9.17) is 47.3 Å². The number of hydrogen-bond acceptors (Lipinski definition) is 8. The summed E-state index contributed by atoms with van der Waals surface area (Å²) in [6, 6.07) is 188. The van der Waals surface area contributed by atoms with Gasteiger partial charge in [0.05, 0.1) is 54.1 Å². The summed E-state index contributed by atoms with van der Waals surface area (Å²) in [4.78, 5) is 18.4. The van der Waals surface area contributed by atoms with Gasteiger partial charge in [0.2, 0.25) is 0 Å². The molecule has 0 bridgehead atoms. The van der Waals surface area contributed by atoms with Gasteiger partial charge in [-0.1, -0.05) is 352 Å². The molecule has 8 nitrogen and oxygen atoms in total. The molecule has 0 spiro atoms. The third kappa shape index (κ3) is 29.2. The van der Waals surface area contributed by atoms with Crippen LogP contribution in [0.25, 0.3) is 77.7 Å². The Morgan fingerprint density at radius 2 is 0.294 bits per heavy atom. The van der Waals surface area contributed by atoms with Crippen LogP contribution in [0.5, 0.6) is 0 Å². The van der Waals surface area contributed by atoms with Crippen molar-refractivity contribution in [2.75, 3.05) is 0 Å². The minimum atomic E-state index is -0.877. The van der Waals surface area contributed by atoms with E-state index in [0.29, 0.717) is 0 Å². The number of aromatic nitrogens is 4. The molecule has 136 heavy (non-hydrogen) atoms. The molecular weight excluding hydrogens is 2080 g/mol. The van der Waals surface area contributed by atoms with Crippen molar-refractivity contribution in [2.45, 2.75) is 0 Å². The zero-order chi connectivity index (χ0) is 93.2. The second-order valence-corrected chi connectivity index (χ2v) is 39.7. The summed E-state index contributed by atoms with van der Waals surface area (Å²) < 4.78 is 0. The van der Waals surface area contributed by atoms with E-state index < -0.39 is 31.7 Å². The number of pyridine rings is 4. The predicted octanol–water partition coefficient (Wildman–Crippen LogP) is 24.7. The van der Waals surface area contributed by atoms with Crippen LogP contribution in [0.3, 0.4) is 0 Å². The molecule has 0 aliphatic rings. The minimum absolute atomic E-state index is 0. The van der Waals surface area contributed by atoms with E-state index in [1.165, 1.54) is 97.0 Å². The summed E-state index contributed by atoms with van der Waals surface area (Å²) in [5.74, 6) is 0. The van der Waals surface area contributed by atoms with E-state index in [9.17, 15) is 0 Å². The second kappa shape index (κ2) is 58.0. The SMILES string of the molecule is [C-]#N.[C-]#N.[C-]#N.[C-]#N.[Os+2].[Os+2].c1ccc(-c2ccnc(-c3cc(-c4ccccc4)ccn3)c2)cc1.c1ccc(-c2ccnc3c2ccc2c(-c4ccccc4)ccnc23)cc1.c1ccc([PH+](c2ccccc2)c2ccccc2)cc1.c1ccc([PH+](c2ccccc2)c2ccccc2)cc1.c1ccc([PH+](c2ccccc2)c2ccccc2)cc1.c1ccc([PH+](c2ccccc2)c2ccccc2)cc1. The molecule has 0 unspecified atom stereocenters. The second-order valence-electron chi connectivity index (χ2n) is 29.8. The van der Waals surface area contributed by atoms with Crippen LogP contribution in [0.15, 0.2) is 559 Å². The fourth-order valence-corrected chi connectivity index (χ4v) is 25.9. The van der Waals surface area contributed by atoms with Gasteiger partial charge in [-0.25, -0.2) is 0 Å². The molecule has 4 aromatic heterocycles. The molecule has 0 saturated heterocycles. The molecule has 0 aliphatic heterocycles. The first-order valence-corrected chi connectivity index (χ1v) is 49.4.